The largest absolute Gasteiger partial charge is 0.472 e. The highest BCUT2D eigenvalue weighted by Gasteiger charge is 2.29. The van der Waals surface area contributed by atoms with Crippen LogP contribution in [0.4, 0.5) is 0 Å². The van der Waals surface area contributed by atoms with Gasteiger partial charge >= 0.3 is 33.6 Å². The van der Waals surface area contributed by atoms with Crippen molar-refractivity contribution < 1.29 is 75.8 Å². The quantitative estimate of drug-likeness (QED) is 0.0146. The molecule has 0 aliphatic heterocycles. The molecule has 0 aliphatic rings. The summed E-state index contributed by atoms with van der Waals surface area (Å²) in [7, 11) is -9.83. The maximum absolute atomic E-state index is 13.1. The number of aliphatic hydroxyl groups excluding tert-OH is 2. The third kappa shape index (κ3) is 88.8. The third-order valence-electron chi connectivity index (χ3n) is 18.0. The van der Waals surface area contributed by atoms with Gasteiger partial charge in [-0.05, 0) is 167 Å². The van der Waals surface area contributed by atoms with Gasteiger partial charge in [-0.15, -0.1) is 0 Å². The fourth-order valence-electron chi connectivity index (χ4n) is 11.4. The van der Waals surface area contributed by atoms with Gasteiger partial charge in [0.25, 0.3) is 0 Å². The molecule has 16 nitrogen and oxygen atoms in total. The highest BCUT2D eigenvalue weighted by Crippen LogP contribution is 2.45. The van der Waals surface area contributed by atoms with E-state index in [-0.39, 0.29) is 19.3 Å². The van der Waals surface area contributed by atoms with Gasteiger partial charge in [0.05, 0.1) is 26.4 Å². The van der Waals surface area contributed by atoms with Crippen molar-refractivity contribution >= 4 is 33.6 Å². The van der Waals surface area contributed by atoms with Crippen LogP contribution in [-0.4, -0.2) is 95.9 Å². The SMILES string of the molecule is CC/C=C\C/C=C\C/C=C\C/C=C\C/C=C\C/C=C\CCCCCCCCCCCCCCCCC(=O)OCC(O)COP(=O)(O)OCC(O)COP(=O)(O)OCC(COC(=O)CCCCCC/C=C\C/C=C\C/C=C\C/C=C\C/C=C\C/C=C\CC)OC(=O)CCCCCCCCC/C=C\C/C=C\C/C=C\C/C=C\C/C=C\CC. The predicted octanol–water partition coefficient (Wildman–Crippen LogP) is 27.2. The number of hydrogen-bond acceptors (Lipinski definition) is 14. The number of unbranched alkanes of at least 4 members (excludes halogenated alkanes) is 25. The van der Waals surface area contributed by atoms with Gasteiger partial charge in [-0.3, -0.25) is 32.5 Å². The Morgan fingerprint density at radius 1 is 0.243 bits per heavy atom. The molecule has 0 radical (unpaired) electrons. The fourth-order valence-corrected chi connectivity index (χ4v) is 13.0. The average Bonchev–Trinajstić information content (AvgIpc) is 0.906. The molecule has 652 valence electrons. The van der Waals surface area contributed by atoms with E-state index < -0.39 is 91.5 Å². The second kappa shape index (κ2) is 87.4. The summed E-state index contributed by atoms with van der Waals surface area (Å²) in [4.78, 5) is 58.9. The first kappa shape index (κ1) is 109. The van der Waals surface area contributed by atoms with Crippen molar-refractivity contribution in [2.24, 2.45) is 0 Å². The van der Waals surface area contributed by atoms with Gasteiger partial charge in [-0.25, -0.2) is 9.13 Å². The number of allylic oxidation sites excluding steroid dienone is 34. The van der Waals surface area contributed by atoms with Crippen molar-refractivity contribution in [1.29, 1.82) is 0 Å². The van der Waals surface area contributed by atoms with E-state index in [1.54, 1.807) is 0 Å². The summed E-state index contributed by atoms with van der Waals surface area (Å²) >= 11 is 0. The van der Waals surface area contributed by atoms with Gasteiger partial charge in [-0.2, -0.15) is 0 Å². The Morgan fingerprint density at radius 3 is 0.687 bits per heavy atom. The second-order valence-electron chi connectivity index (χ2n) is 28.9. The van der Waals surface area contributed by atoms with Crippen LogP contribution in [0, 0.1) is 0 Å². The van der Waals surface area contributed by atoms with Crippen LogP contribution in [0.1, 0.15) is 329 Å². The highest BCUT2D eigenvalue weighted by atomic mass is 31.2. The van der Waals surface area contributed by atoms with E-state index in [0.717, 1.165) is 205 Å². The van der Waals surface area contributed by atoms with Gasteiger partial charge in [0, 0.05) is 19.3 Å². The molecule has 0 spiro atoms. The minimum atomic E-state index is -4.96. The Kier molecular flexibility index (Phi) is 83.0. The molecule has 5 unspecified atom stereocenters. The van der Waals surface area contributed by atoms with Crippen LogP contribution in [0.25, 0.3) is 0 Å². The molecular weight excluding hydrogens is 1480 g/mol. The molecule has 0 rings (SSSR count). The van der Waals surface area contributed by atoms with Crippen LogP contribution in [0.2, 0.25) is 0 Å². The molecule has 0 heterocycles. The molecule has 0 saturated heterocycles. The van der Waals surface area contributed by atoms with Crippen LogP contribution in [0.3, 0.4) is 0 Å². The van der Waals surface area contributed by atoms with Gasteiger partial charge < -0.3 is 34.2 Å². The topological polar surface area (TPSA) is 231 Å². The lowest BCUT2D eigenvalue weighted by molar-refractivity contribution is -0.161. The second-order valence-corrected chi connectivity index (χ2v) is 31.8. The Bertz CT molecular complexity index is 2920. The molecule has 0 aliphatic carbocycles. The van der Waals surface area contributed by atoms with Gasteiger partial charge in [-0.1, -0.05) is 349 Å². The summed E-state index contributed by atoms with van der Waals surface area (Å²) in [5.41, 5.74) is 0. The van der Waals surface area contributed by atoms with Gasteiger partial charge in [0.2, 0.25) is 0 Å². The maximum atomic E-state index is 13.1. The molecule has 0 amide bonds. The lowest BCUT2D eigenvalue weighted by Gasteiger charge is -2.21. The molecular formula is C97H158O16P2. The van der Waals surface area contributed by atoms with Crippen LogP contribution >= 0.6 is 15.6 Å². The van der Waals surface area contributed by atoms with Crippen LogP contribution < -0.4 is 0 Å². The van der Waals surface area contributed by atoms with Crippen LogP contribution in [-0.2, 0) is 55.8 Å². The van der Waals surface area contributed by atoms with Gasteiger partial charge in [0.15, 0.2) is 6.10 Å². The summed E-state index contributed by atoms with van der Waals surface area (Å²) < 4.78 is 61.4. The molecule has 18 heteroatoms. The number of aliphatic hydroxyl groups is 2. The number of rotatable bonds is 82. The number of phosphoric ester groups is 2. The number of esters is 3. The normalized spacial score (nSPS) is 14.8. The molecule has 0 saturated carbocycles. The first-order valence-electron chi connectivity index (χ1n) is 44.4. The molecule has 0 bridgehead atoms. The van der Waals surface area contributed by atoms with Gasteiger partial charge in [0.1, 0.15) is 25.4 Å². The monoisotopic (exact) mass is 1640 g/mol. The first-order chi connectivity index (χ1) is 56.2. The van der Waals surface area contributed by atoms with E-state index in [9.17, 15) is 43.5 Å². The van der Waals surface area contributed by atoms with Crippen LogP contribution in [0.15, 0.2) is 207 Å². The Hall–Kier alpha value is -5.87. The minimum Gasteiger partial charge on any atom is -0.463 e. The standard InChI is InChI=1S/C97H158O16P2/c1-4-7-10-13-16-19-22-25-28-31-34-37-40-41-42-43-44-45-46-47-48-49-52-54-56-59-62-65-68-71-74-77-80-83-95(100)107-86-92(98)87-109-114(103,104)110-88-93(99)89-111-115(105,106)112-91-94(113-97(102)85-82-79-76-73-70-67-64-61-58-55-51-39-36-33-30-27-24-21-18-15-12-9-6-3)90-108-96(101)84-81-78-75-72-69-66-63-60-57-53-50-38-35-32-29-26-23-20-17-14-11-8-5-2/h7-12,16-21,25-30,34-39,41-42,44-45,53,55,57-58,63,66,92-94,98-99H,4-6,13-15,22-24,31-33,40,43,46-52,54,56,59-62,64-65,67-91H2,1-3H3,(H,103,104)(H,105,106)/b10-7-,11-8-,12-9-,19-16-,20-17-,21-18-,28-25-,29-26-,30-27-,37-34-,38-35-,39-36-,42-41-,45-44-,57-53-,58-55-,66-63-. The molecule has 4 N–H and O–H groups in total. The number of ether oxygens (including phenoxy) is 3. The molecule has 0 fully saturated rings. The van der Waals surface area contributed by atoms with E-state index in [4.69, 9.17) is 32.3 Å². The van der Waals surface area contributed by atoms with Crippen molar-refractivity contribution in [3.05, 3.63) is 207 Å². The van der Waals surface area contributed by atoms with E-state index >= 15 is 0 Å². The van der Waals surface area contributed by atoms with Crippen molar-refractivity contribution in [1.82, 2.24) is 0 Å². The molecule has 115 heavy (non-hydrogen) atoms. The van der Waals surface area contributed by atoms with Crippen molar-refractivity contribution in [2.45, 2.75) is 347 Å². The van der Waals surface area contributed by atoms with E-state index in [2.05, 4.69) is 227 Å². The number of phosphoric acid groups is 2. The maximum Gasteiger partial charge on any atom is 0.472 e. The molecule has 5 atom stereocenters. The zero-order chi connectivity index (χ0) is 83.6. The summed E-state index contributed by atoms with van der Waals surface area (Å²) in [5.74, 6) is -1.62. The lowest BCUT2D eigenvalue weighted by atomic mass is 10.0. The Morgan fingerprint density at radius 2 is 0.435 bits per heavy atom. The molecule has 0 aromatic heterocycles. The number of hydrogen-bond donors (Lipinski definition) is 4. The first-order valence-corrected chi connectivity index (χ1v) is 47.4. The average molecular weight is 1640 g/mol. The minimum absolute atomic E-state index is 0.0774. The summed E-state index contributed by atoms with van der Waals surface area (Å²) in [6.45, 7) is 2.30. The summed E-state index contributed by atoms with van der Waals surface area (Å²) in [5, 5.41) is 20.7. The van der Waals surface area contributed by atoms with Crippen molar-refractivity contribution in [2.75, 3.05) is 39.6 Å². The zero-order valence-corrected chi connectivity index (χ0v) is 73.4. The Labute approximate surface area is 699 Å². The summed E-state index contributed by atoms with van der Waals surface area (Å²) in [6.07, 6.45) is 117. The van der Waals surface area contributed by atoms with E-state index in [0.29, 0.717) is 19.3 Å². The summed E-state index contributed by atoms with van der Waals surface area (Å²) in [6, 6.07) is 0. The number of carbonyl (C=O) groups is 3. The fraction of sp³-hybridized carbons (Fsp3) is 0.619. The van der Waals surface area contributed by atoms with Crippen molar-refractivity contribution in [3.63, 3.8) is 0 Å². The van der Waals surface area contributed by atoms with E-state index in [1.165, 1.54) is 64.2 Å². The van der Waals surface area contributed by atoms with E-state index in [1.807, 2.05) is 0 Å². The predicted molar refractivity (Wildman–Crippen MR) is 481 cm³/mol. The van der Waals surface area contributed by atoms with Crippen molar-refractivity contribution in [3.8, 4) is 0 Å². The zero-order valence-electron chi connectivity index (χ0n) is 71.6. The van der Waals surface area contributed by atoms with Crippen LogP contribution in [0.5, 0.6) is 0 Å². The lowest BCUT2D eigenvalue weighted by Crippen LogP contribution is -2.30. The third-order valence-corrected chi connectivity index (χ3v) is 19.9. The molecule has 0 aromatic rings. The highest BCUT2D eigenvalue weighted by molar-refractivity contribution is 7.47. The molecule has 0 aromatic carbocycles. The smallest absolute Gasteiger partial charge is 0.463 e. The number of carbonyl (C=O) groups excluding carboxylic acids is 3. The Balaban J connectivity index is 4.63.